The number of benzene rings is 2. The van der Waals surface area contributed by atoms with Crippen molar-refractivity contribution in [2.24, 2.45) is 0 Å². The molecule has 0 saturated carbocycles. The molecule has 2 saturated heterocycles. The number of oxazole rings is 1. The lowest BCUT2D eigenvalue weighted by Gasteiger charge is -2.35. The van der Waals surface area contributed by atoms with Gasteiger partial charge in [-0.2, -0.15) is 18.2 Å². The number of piperazine rings is 1. The summed E-state index contributed by atoms with van der Waals surface area (Å²) in [7, 11) is 0. The van der Waals surface area contributed by atoms with Crippen LogP contribution in [0.15, 0.2) is 77.3 Å². The number of nitrogens with zero attached hydrogens (tertiary/aromatic N) is 5. The zero-order valence-corrected chi connectivity index (χ0v) is 24.6. The minimum absolute atomic E-state index is 0.0945. The summed E-state index contributed by atoms with van der Waals surface area (Å²) in [6.45, 7) is 2.48. The molecule has 2 aliphatic heterocycles. The van der Waals surface area contributed by atoms with Crippen molar-refractivity contribution in [3.63, 3.8) is 0 Å². The molecule has 0 spiro atoms. The van der Waals surface area contributed by atoms with E-state index in [1.165, 1.54) is 30.5 Å². The van der Waals surface area contributed by atoms with Crippen LogP contribution in [0.2, 0.25) is 0 Å². The second kappa shape index (κ2) is 13.1. The van der Waals surface area contributed by atoms with E-state index >= 15 is 0 Å². The molecule has 1 unspecified atom stereocenters. The summed E-state index contributed by atoms with van der Waals surface area (Å²) < 4.78 is 61.2. The topological polar surface area (TPSA) is 107 Å². The summed E-state index contributed by atoms with van der Waals surface area (Å²) in [5.74, 6) is -1.88. The van der Waals surface area contributed by atoms with E-state index in [2.05, 4.69) is 20.6 Å². The van der Waals surface area contributed by atoms with Crippen LogP contribution >= 0.6 is 0 Å². The molecule has 4 aromatic rings. The van der Waals surface area contributed by atoms with Crippen molar-refractivity contribution in [2.45, 2.75) is 24.9 Å². The number of para-hydroxylation sites is 1. The quantitative estimate of drug-likeness (QED) is 0.242. The molecule has 46 heavy (non-hydrogen) atoms. The van der Waals surface area contributed by atoms with Gasteiger partial charge in [0, 0.05) is 45.2 Å². The van der Waals surface area contributed by atoms with Gasteiger partial charge in [0.25, 0.3) is 11.9 Å². The number of alkyl halides is 3. The normalized spacial score (nSPS) is 17.1. The van der Waals surface area contributed by atoms with Gasteiger partial charge in [0.2, 0.25) is 5.76 Å². The molecular formula is C32H31F4N7O3. The van der Waals surface area contributed by atoms with Crippen molar-refractivity contribution in [3.8, 4) is 0 Å². The maximum atomic E-state index is 13.9. The maximum absolute atomic E-state index is 13.9. The van der Waals surface area contributed by atoms with Crippen LogP contribution in [0.1, 0.15) is 40.6 Å². The highest BCUT2D eigenvalue weighted by atomic mass is 19.4. The second-order valence-electron chi connectivity index (χ2n) is 11.1. The van der Waals surface area contributed by atoms with Crippen LogP contribution in [0.3, 0.4) is 0 Å². The van der Waals surface area contributed by atoms with Gasteiger partial charge in [0.15, 0.2) is 5.69 Å². The van der Waals surface area contributed by atoms with E-state index in [0.29, 0.717) is 45.1 Å². The van der Waals surface area contributed by atoms with Crippen LogP contribution in [0.25, 0.3) is 0 Å². The van der Waals surface area contributed by atoms with E-state index in [1.807, 2.05) is 35.2 Å². The first-order chi connectivity index (χ1) is 22.2. The number of nitrogens with one attached hydrogen (secondary N) is 2. The van der Waals surface area contributed by atoms with Crippen molar-refractivity contribution in [1.82, 2.24) is 14.9 Å². The highest BCUT2D eigenvalue weighted by molar-refractivity contribution is 6.03. The van der Waals surface area contributed by atoms with E-state index < -0.39 is 35.4 Å². The lowest BCUT2D eigenvalue weighted by atomic mass is 9.91. The van der Waals surface area contributed by atoms with Gasteiger partial charge >= 0.3 is 12.2 Å². The summed E-state index contributed by atoms with van der Waals surface area (Å²) in [6.07, 6.45) is -1.95. The van der Waals surface area contributed by atoms with Gasteiger partial charge in [-0.25, -0.2) is 14.2 Å². The van der Waals surface area contributed by atoms with Crippen molar-refractivity contribution in [3.05, 3.63) is 95.8 Å². The molecule has 1 atom stereocenters. The van der Waals surface area contributed by atoms with Crippen LogP contribution in [-0.2, 0) is 6.18 Å². The molecule has 10 nitrogen and oxygen atoms in total. The Labute approximate surface area is 262 Å². The fourth-order valence-corrected chi connectivity index (χ4v) is 5.67. The molecule has 3 amide bonds. The average molecular weight is 638 g/mol. The Bertz CT molecular complexity index is 1670. The monoisotopic (exact) mass is 637 g/mol. The van der Waals surface area contributed by atoms with Crippen LogP contribution < -0.4 is 20.4 Å². The van der Waals surface area contributed by atoms with Gasteiger partial charge in [-0.1, -0.05) is 42.5 Å². The third-order valence-electron chi connectivity index (χ3n) is 8.07. The van der Waals surface area contributed by atoms with E-state index in [1.54, 1.807) is 21.9 Å². The Morgan fingerprint density at radius 3 is 2.30 bits per heavy atom. The van der Waals surface area contributed by atoms with Gasteiger partial charge in [0.05, 0.1) is 17.6 Å². The van der Waals surface area contributed by atoms with Crippen LogP contribution in [0.4, 0.5) is 45.6 Å². The first kappa shape index (κ1) is 30.9. The molecular weight excluding hydrogens is 606 g/mol. The number of pyridine rings is 1. The molecule has 2 aliphatic rings. The number of hydrogen-bond acceptors (Lipinski definition) is 7. The van der Waals surface area contributed by atoms with E-state index in [4.69, 9.17) is 4.42 Å². The largest absolute Gasteiger partial charge is 0.437 e. The highest BCUT2D eigenvalue weighted by Gasteiger charge is 2.42. The van der Waals surface area contributed by atoms with Gasteiger partial charge in [0.1, 0.15) is 11.6 Å². The summed E-state index contributed by atoms with van der Waals surface area (Å²) in [4.78, 5) is 38.8. The lowest BCUT2D eigenvalue weighted by molar-refractivity contribution is -0.141. The number of carbonyl (C=O) groups excluding carboxylic acids is 2. The Morgan fingerprint density at radius 1 is 0.870 bits per heavy atom. The number of aromatic nitrogens is 2. The van der Waals surface area contributed by atoms with Crippen molar-refractivity contribution < 1.29 is 31.6 Å². The van der Waals surface area contributed by atoms with Crippen LogP contribution in [0, 0.1) is 5.82 Å². The lowest BCUT2D eigenvalue weighted by Crippen LogP contribution is -2.50. The van der Waals surface area contributed by atoms with Crippen molar-refractivity contribution >= 4 is 35.1 Å². The first-order valence-corrected chi connectivity index (χ1v) is 14.9. The molecule has 0 radical (unpaired) electrons. The number of rotatable bonds is 6. The van der Waals surface area contributed by atoms with E-state index in [-0.39, 0.29) is 23.3 Å². The Kier molecular flexibility index (Phi) is 8.77. The Balaban J connectivity index is 1.08. The standard InChI is InChI=1S/C32H31F4N7O3/c33-24-10-4-5-11-25(24)39-30(45)42-17-15-41(16-18-42)26-13-12-23(19-37-26)38-29(44)27-28(32(34,35)36)40-31(46-27)43-14-6-9-22(20-43)21-7-2-1-3-8-21/h1-5,7-8,10-13,19,22H,6,9,14-18,20H2,(H,38,44)(H,39,45). The molecule has 2 aromatic heterocycles. The van der Waals surface area contributed by atoms with E-state index in [0.717, 1.165) is 18.4 Å². The number of amides is 3. The number of halogens is 4. The molecule has 2 N–H and O–H groups in total. The molecule has 6 rings (SSSR count). The molecule has 2 fully saturated rings. The minimum atomic E-state index is -4.90. The molecule has 0 bridgehead atoms. The summed E-state index contributed by atoms with van der Waals surface area (Å²) in [6, 6.07) is 18.1. The number of urea groups is 1. The zero-order chi connectivity index (χ0) is 32.3. The Morgan fingerprint density at radius 2 is 1.61 bits per heavy atom. The first-order valence-electron chi connectivity index (χ1n) is 14.9. The molecule has 4 heterocycles. The summed E-state index contributed by atoms with van der Waals surface area (Å²) in [5.41, 5.74) is -0.0367. The molecule has 14 heteroatoms. The number of hydrogen-bond donors (Lipinski definition) is 2. The number of carbonyl (C=O) groups is 2. The predicted molar refractivity (Wildman–Crippen MR) is 164 cm³/mol. The second-order valence-corrected chi connectivity index (χ2v) is 11.1. The Hall–Kier alpha value is -5.14. The molecule has 240 valence electrons. The molecule has 2 aromatic carbocycles. The molecule has 0 aliphatic carbocycles. The summed E-state index contributed by atoms with van der Waals surface area (Å²) in [5, 5.41) is 5.01. The zero-order valence-electron chi connectivity index (χ0n) is 24.6. The average Bonchev–Trinajstić information content (AvgIpc) is 3.54. The van der Waals surface area contributed by atoms with Crippen LogP contribution in [0.5, 0.6) is 0 Å². The third-order valence-corrected chi connectivity index (χ3v) is 8.07. The third kappa shape index (κ3) is 6.90. The van der Waals surface area contributed by atoms with Crippen LogP contribution in [-0.4, -0.2) is 66.1 Å². The minimum Gasteiger partial charge on any atom is -0.417 e. The van der Waals surface area contributed by atoms with Crippen molar-refractivity contribution in [1.29, 1.82) is 0 Å². The SMILES string of the molecule is O=C(Nc1ccc(N2CCN(C(=O)Nc3ccccc3F)CC2)nc1)c1oc(N2CCCC(c3ccccc3)C2)nc1C(F)(F)F. The number of anilines is 4. The number of piperidine rings is 1. The van der Waals surface area contributed by atoms with Gasteiger partial charge in [-0.15, -0.1) is 0 Å². The van der Waals surface area contributed by atoms with Gasteiger partial charge < -0.3 is 29.8 Å². The fraction of sp³-hybridized carbons (Fsp3) is 0.312. The van der Waals surface area contributed by atoms with Gasteiger partial charge in [-0.3, -0.25) is 4.79 Å². The maximum Gasteiger partial charge on any atom is 0.437 e. The highest BCUT2D eigenvalue weighted by Crippen LogP contribution is 2.36. The fourth-order valence-electron chi connectivity index (χ4n) is 5.67. The summed E-state index contributed by atoms with van der Waals surface area (Å²) >= 11 is 0. The smallest absolute Gasteiger partial charge is 0.417 e. The predicted octanol–water partition coefficient (Wildman–Crippen LogP) is 6.22. The van der Waals surface area contributed by atoms with Crippen molar-refractivity contribution in [2.75, 3.05) is 59.7 Å². The van der Waals surface area contributed by atoms with E-state index in [9.17, 15) is 27.2 Å². The van der Waals surface area contributed by atoms with Gasteiger partial charge in [-0.05, 0) is 42.7 Å².